The Labute approximate surface area is 164 Å². The van der Waals surface area contributed by atoms with E-state index in [2.05, 4.69) is 39.5 Å². The van der Waals surface area contributed by atoms with E-state index in [-0.39, 0.29) is 6.04 Å². The van der Waals surface area contributed by atoms with Crippen LogP contribution in [0.25, 0.3) is 0 Å². The predicted molar refractivity (Wildman–Crippen MR) is 105 cm³/mol. The van der Waals surface area contributed by atoms with E-state index in [1.807, 2.05) is 28.9 Å². The summed E-state index contributed by atoms with van der Waals surface area (Å²) >= 11 is 0. The van der Waals surface area contributed by atoms with Crippen molar-refractivity contribution in [3.63, 3.8) is 0 Å². The molecule has 28 heavy (non-hydrogen) atoms. The molecule has 0 aliphatic carbocycles. The van der Waals surface area contributed by atoms with Crippen LogP contribution in [0.15, 0.2) is 47.1 Å². The first-order chi connectivity index (χ1) is 13.8. The number of tetrazole rings is 1. The molecule has 0 bridgehead atoms. The normalized spacial score (nSPS) is 16.3. The Bertz CT molecular complexity index is 853. The quantitative estimate of drug-likeness (QED) is 0.661. The minimum atomic E-state index is 0.281. The van der Waals surface area contributed by atoms with Gasteiger partial charge in [0.2, 0.25) is 5.82 Å². The van der Waals surface area contributed by atoms with Gasteiger partial charge in [-0.2, -0.15) is 0 Å². The van der Waals surface area contributed by atoms with Crippen LogP contribution in [0.4, 0.5) is 5.69 Å². The molecule has 3 heterocycles. The summed E-state index contributed by atoms with van der Waals surface area (Å²) in [5.41, 5.74) is 1.25. The summed E-state index contributed by atoms with van der Waals surface area (Å²) in [5.74, 6) is 2.69. The van der Waals surface area contributed by atoms with Crippen LogP contribution in [0.3, 0.4) is 0 Å². The van der Waals surface area contributed by atoms with E-state index in [9.17, 15) is 0 Å². The molecule has 1 aliphatic heterocycles. The molecule has 0 saturated carbocycles. The summed E-state index contributed by atoms with van der Waals surface area (Å²) < 4.78 is 12.6. The maximum Gasteiger partial charge on any atom is 0.209 e. The lowest BCUT2D eigenvalue weighted by Gasteiger charge is -2.36. The SMILES string of the molecule is CC[C@@H](c1nnnn1Cc1ccco1)[NH+]1CCN(c2ccc(OC)cc2)CC1. The van der Waals surface area contributed by atoms with Crippen LogP contribution in [0.1, 0.15) is 31.0 Å². The number of furan rings is 1. The Morgan fingerprint density at radius 3 is 2.61 bits per heavy atom. The van der Waals surface area contributed by atoms with E-state index < -0.39 is 0 Å². The number of piperazine rings is 1. The van der Waals surface area contributed by atoms with Crippen molar-refractivity contribution in [2.75, 3.05) is 38.2 Å². The van der Waals surface area contributed by atoms with Crippen LogP contribution in [0.2, 0.25) is 0 Å². The van der Waals surface area contributed by atoms with Gasteiger partial charge in [0.05, 0.1) is 39.6 Å². The number of ether oxygens (including phenoxy) is 1. The summed E-state index contributed by atoms with van der Waals surface area (Å²) in [4.78, 5) is 3.96. The van der Waals surface area contributed by atoms with Gasteiger partial charge in [0, 0.05) is 12.1 Å². The molecule has 1 aliphatic rings. The first-order valence-electron chi connectivity index (χ1n) is 9.80. The molecule has 148 valence electrons. The standard InChI is InChI=1S/C20H26N6O2/c1-3-19(20-21-22-23-26(20)15-18-5-4-14-28-18)25-12-10-24(11-13-25)16-6-8-17(27-2)9-7-16/h4-9,14,19H,3,10-13,15H2,1-2H3/p+1/t19-/m0/s1. The Kier molecular flexibility index (Phi) is 5.57. The van der Waals surface area contributed by atoms with Crippen molar-refractivity contribution in [1.82, 2.24) is 20.2 Å². The number of anilines is 1. The first-order valence-corrected chi connectivity index (χ1v) is 9.80. The number of nitrogens with one attached hydrogen (secondary N) is 1. The number of rotatable bonds is 7. The van der Waals surface area contributed by atoms with Crippen LogP contribution in [-0.2, 0) is 6.54 Å². The van der Waals surface area contributed by atoms with Crippen molar-refractivity contribution < 1.29 is 14.1 Å². The van der Waals surface area contributed by atoms with Crippen LogP contribution in [0.5, 0.6) is 5.75 Å². The Morgan fingerprint density at radius 1 is 1.18 bits per heavy atom. The van der Waals surface area contributed by atoms with E-state index in [1.165, 1.54) is 10.6 Å². The fourth-order valence-electron chi connectivity index (χ4n) is 3.97. The lowest BCUT2D eigenvalue weighted by Crippen LogP contribution is -3.15. The molecule has 8 heteroatoms. The van der Waals surface area contributed by atoms with E-state index in [0.717, 1.165) is 49.9 Å². The maximum atomic E-state index is 5.46. The smallest absolute Gasteiger partial charge is 0.209 e. The van der Waals surface area contributed by atoms with Crippen molar-refractivity contribution in [3.8, 4) is 5.75 Å². The van der Waals surface area contributed by atoms with Crippen molar-refractivity contribution >= 4 is 5.69 Å². The highest BCUT2D eigenvalue weighted by molar-refractivity contribution is 5.49. The number of aromatic nitrogens is 4. The van der Waals surface area contributed by atoms with Crippen LogP contribution < -0.4 is 14.5 Å². The second-order valence-electron chi connectivity index (χ2n) is 7.08. The minimum Gasteiger partial charge on any atom is -0.497 e. The van der Waals surface area contributed by atoms with Crippen LogP contribution in [0, 0.1) is 0 Å². The average Bonchev–Trinajstić information content (AvgIpc) is 3.42. The van der Waals surface area contributed by atoms with Crippen molar-refractivity contribution in [3.05, 3.63) is 54.2 Å². The number of hydrogen-bond donors (Lipinski definition) is 1. The van der Waals surface area contributed by atoms with Gasteiger partial charge in [0.1, 0.15) is 24.1 Å². The third-order valence-electron chi connectivity index (χ3n) is 5.50. The molecule has 1 fully saturated rings. The Hall–Kier alpha value is -2.87. The molecule has 1 atom stereocenters. The second-order valence-corrected chi connectivity index (χ2v) is 7.08. The fraction of sp³-hybridized carbons (Fsp3) is 0.450. The van der Waals surface area contributed by atoms with Gasteiger partial charge in [-0.15, -0.1) is 5.10 Å². The monoisotopic (exact) mass is 383 g/mol. The van der Waals surface area contributed by atoms with Gasteiger partial charge in [-0.05, 0) is 46.8 Å². The molecule has 1 N–H and O–H groups in total. The number of methoxy groups -OCH3 is 1. The number of nitrogens with zero attached hydrogens (tertiary/aromatic N) is 5. The van der Waals surface area contributed by atoms with Crippen LogP contribution >= 0.6 is 0 Å². The van der Waals surface area contributed by atoms with E-state index in [0.29, 0.717) is 6.54 Å². The summed E-state index contributed by atoms with van der Waals surface area (Å²) in [6.07, 6.45) is 2.68. The van der Waals surface area contributed by atoms with Gasteiger partial charge in [0.15, 0.2) is 0 Å². The van der Waals surface area contributed by atoms with Crippen molar-refractivity contribution in [2.45, 2.75) is 25.9 Å². The van der Waals surface area contributed by atoms with Gasteiger partial charge >= 0.3 is 0 Å². The third kappa shape index (κ3) is 3.87. The third-order valence-corrected chi connectivity index (χ3v) is 5.50. The molecule has 4 rings (SSSR count). The highest BCUT2D eigenvalue weighted by Crippen LogP contribution is 2.20. The Balaban J connectivity index is 1.42. The minimum absolute atomic E-state index is 0.281. The van der Waals surface area contributed by atoms with Crippen molar-refractivity contribution in [2.24, 2.45) is 0 Å². The molecule has 0 radical (unpaired) electrons. The molecule has 0 spiro atoms. The van der Waals surface area contributed by atoms with E-state index >= 15 is 0 Å². The maximum absolute atomic E-state index is 5.46. The number of benzene rings is 1. The molecular weight excluding hydrogens is 356 g/mol. The molecule has 1 aromatic carbocycles. The van der Waals surface area contributed by atoms with Gasteiger partial charge in [-0.25, -0.2) is 4.68 Å². The summed E-state index contributed by atoms with van der Waals surface area (Å²) in [5, 5.41) is 12.5. The highest BCUT2D eigenvalue weighted by Gasteiger charge is 2.31. The zero-order valence-electron chi connectivity index (χ0n) is 16.4. The van der Waals surface area contributed by atoms with Gasteiger partial charge in [-0.1, -0.05) is 6.92 Å². The first kappa shape index (κ1) is 18.5. The van der Waals surface area contributed by atoms with Gasteiger partial charge in [0.25, 0.3) is 0 Å². The molecule has 0 unspecified atom stereocenters. The second kappa shape index (κ2) is 8.43. The molecule has 8 nitrogen and oxygen atoms in total. The van der Waals surface area contributed by atoms with Gasteiger partial charge in [-0.3, -0.25) is 0 Å². The lowest BCUT2D eigenvalue weighted by molar-refractivity contribution is -0.933. The summed E-state index contributed by atoms with van der Waals surface area (Å²) in [6, 6.07) is 12.4. The lowest BCUT2D eigenvalue weighted by atomic mass is 10.1. The van der Waals surface area contributed by atoms with Gasteiger partial charge < -0.3 is 19.0 Å². The predicted octanol–water partition coefficient (Wildman–Crippen LogP) is 1.18. The number of hydrogen-bond acceptors (Lipinski definition) is 6. The largest absolute Gasteiger partial charge is 0.497 e. The highest BCUT2D eigenvalue weighted by atomic mass is 16.5. The topological polar surface area (TPSA) is 73.7 Å². The van der Waals surface area contributed by atoms with Crippen LogP contribution in [-0.4, -0.2) is 53.5 Å². The fourth-order valence-corrected chi connectivity index (χ4v) is 3.97. The molecule has 2 aromatic heterocycles. The summed E-state index contributed by atoms with van der Waals surface area (Å²) in [7, 11) is 1.70. The molecule has 0 amide bonds. The Morgan fingerprint density at radius 2 is 1.96 bits per heavy atom. The summed E-state index contributed by atoms with van der Waals surface area (Å²) in [6.45, 7) is 6.91. The molecule has 3 aromatic rings. The van der Waals surface area contributed by atoms with Crippen molar-refractivity contribution in [1.29, 1.82) is 0 Å². The van der Waals surface area contributed by atoms with E-state index in [4.69, 9.17) is 9.15 Å². The molecular formula is C20H27N6O2+. The zero-order valence-corrected chi connectivity index (χ0v) is 16.4. The number of quaternary nitrogens is 1. The average molecular weight is 383 g/mol. The van der Waals surface area contributed by atoms with E-state index in [1.54, 1.807) is 13.4 Å². The molecule has 1 saturated heterocycles. The zero-order chi connectivity index (χ0) is 19.3.